The molecule has 0 bridgehead atoms. The molecule has 6 unspecified atom stereocenters. The number of nitrogens with one attached hydrogen (secondary N) is 1. The van der Waals surface area contributed by atoms with E-state index in [1.807, 2.05) is 0 Å². The maximum atomic E-state index is 12.4. The lowest BCUT2D eigenvalue weighted by Gasteiger charge is -2.62. The number of carbonyl (C=O) groups excluding carboxylic acids is 1. The largest absolute Gasteiger partial charge is 0.449 e. The quantitative estimate of drug-likeness (QED) is 0.318. The number of hydrogen-bond donors (Lipinski definition) is 1. The van der Waals surface area contributed by atoms with Gasteiger partial charge in [0.15, 0.2) is 0 Å². The van der Waals surface area contributed by atoms with E-state index in [9.17, 15) is 9.00 Å². The summed E-state index contributed by atoms with van der Waals surface area (Å²) in [5.74, 6) is 5.66. The Hall–Kier alpha value is -0.580. The number of fused-ring (bicyclic) bond motifs is 5. The number of unbranched alkanes of at least 4 members (excludes halogenated alkanes) is 1. The lowest BCUT2D eigenvalue weighted by Crippen LogP contribution is -2.55. The molecule has 0 radical (unpaired) electrons. The molecule has 212 valence electrons. The van der Waals surface area contributed by atoms with Crippen molar-refractivity contribution in [3.05, 3.63) is 0 Å². The van der Waals surface area contributed by atoms with E-state index in [2.05, 4.69) is 25.5 Å². The van der Waals surface area contributed by atoms with E-state index in [1.54, 1.807) is 0 Å². The van der Waals surface area contributed by atoms with Crippen LogP contribution in [0.3, 0.4) is 0 Å². The molecule has 5 aliphatic carbocycles. The van der Waals surface area contributed by atoms with Gasteiger partial charge in [-0.1, -0.05) is 59.3 Å². The molecule has 5 saturated carbocycles. The van der Waals surface area contributed by atoms with Crippen molar-refractivity contribution in [2.24, 2.45) is 46.3 Å². The summed E-state index contributed by atoms with van der Waals surface area (Å²) in [6, 6.07) is 0. The molecular weight excluding hydrogens is 478 g/mol. The summed E-state index contributed by atoms with van der Waals surface area (Å²) in [7, 11) is -1.29. The minimum atomic E-state index is -1.29. The first-order valence-corrected chi connectivity index (χ1v) is 17.4. The molecule has 0 spiro atoms. The van der Waals surface area contributed by atoms with Crippen molar-refractivity contribution in [2.75, 3.05) is 6.61 Å². The highest BCUT2D eigenvalue weighted by Gasteiger charge is 2.60. The van der Waals surface area contributed by atoms with Gasteiger partial charge in [0.05, 0.1) is 11.9 Å². The third-order valence-corrected chi connectivity index (χ3v) is 14.1. The molecule has 5 aliphatic rings. The summed E-state index contributed by atoms with van der Waals surface area (Å²) in [4.78, 5) is 12.1. The zero-order chi connectivity index (χ0) is 26.0. The Kier molecular flexibility index (Phi) is 8.98. The first-order chi connectivity index (χ1) is 17.9. The zero-order valence-corrected chi connectivity index (χ0v) is 24.9. The Bertz CT molecular complexity index is 812. The van der Waals surface area contributed by atoms with Gasteiger partial charge in [0.1, 0.15) is 11.0 Å². The van der Waals surface area contributed by atoms with Crippen LogP contribution in [0.5, 0.6) is 0 Å². The van der Waals surface area contributed by atoms with Crippen molar-refractivity contribution >= 4 is 17.1 Å². The second kappa shape index (κ2) is 11.9. The van der Waals surface area contributed by atoms with E-state index in [4.69, 9.17) is 4.74 Å². The number of hydrogen-bond acceptors (Lipinski definition) is 3. The highest BCUT2D eigenvalue weighted by molar-refractivity contribution is 7.84. The highest BCUT2D eigenvalue weighted by atomic mass is 32.2. The summed E-state index contributed by atoms with van der Waals surface area (Å²) in [5.41, 5.74) is 1.13. The van der Waals surface area contributed by atoms with Crippen LogP contribution in [0.15, 0.2) is 0 Å². The molecular formula is C32H55NO3S. The van der Waals surface area contributed by atoms with Gasteiger partial charge < -0.3 is 4.74 Å². The molecule has 9 atom stereocenters. The number of carbonyl (C=O) groups is 1. The first kappa shape index (κ1) is 28.0. The van der Waals surface area contributed by atoms with Gasteiger partial charge >= 0.3 is 6.09 Å². The van der Waals surface area contributed by atoms with E-state index >= 15 is 0 Å². The van der Waals surface area contributed by atoms with Crippen LogP contribution in [0.4, 0.5) is 4.79 Å². The topological polar surface area (TPSA) is 55.4 Å². The molecule has 5 rings (SSSR count). The Morgan fingerprint density at radius 3 is 2.41 bits per heavy atom. The fraction of sp³-hybridized carbons (Fsp3) is 0.969. The van der Waals surface area contributed by atoms with Gasteiger partial charge in [0.2, 0.25) is 0 Å². The Morgan fingerprint density at radius 2 is 1.62 bits per heavy atom. The van der Waals surface area contributed by atoms with E-state index in [-0.39, 0.29) is 5.25 Å². The molecule has 0 aliphatic heterocycles. The number of amides is 1. The van der Waals surface area contributed by atoms with Crippen LogP contribution in [0.2, 0.25) is 0 Å². The fourth-order valence-corrected chi connectivity index (χ4v) is 11.9. The Balaban J connectivity index is 1.09. The predicted molar refractivity (Wildman–Crippen MR) is 152 cm³/mol. The molecule has 0 aromatic carbocycles. The third-order valence-electron chi connectivity index (χ3n) is 12.7. The lowest BCUT2D eigenvalue weighted by molar-refractivity contribution is -0.135. The van der Waals surface area contributed by atoms with Crippen molar-refractivity contribution < 1.29 is 13.7 Å². The molecule has 0 aromatic rings. The minimum absolute atomic E-state index is 0.107. The van der Waals surface area contributed by atoms with Gasteiger partial charge in [0, 0.05) is 0 Å². The normalized spacial score (nSPS) is 42.8. The lowest BCUT2D eigenvalue weighted by atomic mass is 9.42. The average molecular weight is 534 g/mol. The molecule has 0 saturated heterocycles. The SMILES string of the molecule is CC[C@H]1CC2[C@@H]3CCC(CCCCOC(=O)NS(=O)C4CCCCC4)C3(C)CC[C@@H]2C2(C)CCCCC12. The van der Waals surface area contributed by atoms with Gasteiger partial charge in [-0.15, -0.1) is 0 Å². The van der Waals surface area contributed by atoms with Crippen molar-refractivity contribution in [2.45, 2.75) is 142 Å². The Labute approximate surface area is 229 Å². The second-order valence-corrected chi connectivity index (χ2v) is 15.7. The van der Waals surface area contributed by atoms with Gasteiger partial charge in [0.25, 0.3) is 0 Å². The smallest absolute Gasteiger partial charge is 0.419 e. The van der Waals surface area contributed by atoms with Crippen molar-refractivity contribution in [3.8, 4) is 0 Å². The van der Waals surface area contributed by atoms with Gasteiger partial charge in [-0.2, -0.15) is 0 Å². The van der Waals surface area contributed by atoms with Crippen molar-refractivity contribution in [3.63, 3.8) is 0 Å². The monoisotopic (exact) mass is 533 g/mol. The van der Waals surface area contributed by atoms with E-state index in [0.717, 1.165) is 74.0 Å². The molecule has 4 nitrogen and oxygen atoms in total. The zero-order valence-electron chi connectivity index (χ0n) is 24.1. The van der Waals surface area contributed by atoms with Crippen LogP contribution in [0.1, 0.15) is 136 Å². The minimum Gasteiger partial charge on any atom is -0.449 e. The van der Waals surface area contributed by atoms with Crippen LogP contribution in [0.25, 0.3) is 0 Å². The van der Waals surface area contributed by atoms with Crippen LogP contribution < -0.4 is 4.72 Å². The van der Waals surface area contributed by atoms with Crippen LogP contribution in [-0.4, -0.2) is 22.2 Å². The predicted octanol–water partition coefficient (Wildman–Crippen LogP) is 8.56. The van der Waals surface area contributed by atoms with E-state index < -0.39 is 17.1 Å². The number of ether oxygens (including phenoxy) is 1. The van der Waals surface area contributed by atoms with Gasteiger partial charge in [-0.3, -0.25) is 0 Å². The molecule has 1 N–H and O–H groups in total. The van der Waals surface area contributed by atoms with Crippen LogP contribution in [0, 0.1) is 46.3 Å². The van der Waals surface area contributed by atoms with Crippen LogP contribution in [-0.2, 0) is 15.7 Å². The summed E-state index contributed by atoms with van der Waals surface area (Å²) in [5, 5.41) is 0.107. The molecule has 37 heavy (non-hydrogen) atoms. The van der Waals surface area contributed by atoms with E-state index in [1.165, 1.54) is 77.0 Å². The summed E-state index contributed by atoms with van der Waals surface area (Å²) >= 11 is 0. The van der Waals surface area contributed by atoms with E-state index in [0.29, 0.717) is 17.4 Å². The summed E-state index contributed by atoms with van der Waals surface area (Å²) in [6.45, 7) is 8.29. The molecule has 5 heteroatoms. The first-order valence-electron chi connectivity index (χ1n) is 16.2. The maximum absolute atomic E-state index is 12.4. The van der Waals surface area contributed by atoms with Gasteiger partial charge in [-0.05, 0) is 123 Å². The average Bonchev–Trinajstić information content (AvgIpc) is 3.24. The Morgan fingerprint density at radius 1 is 0.865 bits per heavy atom. The maximum Gasteiger partial charge on any atom is 0.419 e. The number of rotatable bonds is 8. The standard InChI is InChI=1S/C32H55NO3S/c1-4-23-22-26-28-17-16-24(31(28,2)20-18-29(26)32(3)19-10-8-15-27(23)32)12-9-11-21-36-30(34)33-37(35)25-13-6-5-7-14-25/h23-29H,4-22H2,1-3H3,(H,33,34)/t23-,24?,26?,27?,28-,29-,31?,32?,37?/m0/s1. The second-order valence-electron chi connectivity index (χ2n) is 14.2. The van der Waals surface area contributed by atoms with Crippen LogP contribution >= 0.6 is 0 Å². The highest BCUT2D eigenvalue weighted by Crippen LogP contribution is 2.69. The van der Waals surface area contributed by atoms with Crippen molar-refractivity contribution in [1.29, 1.82) is 0 Å². The summed E-state index contributed by atoms with van der Waals surface area (Å²) < 4.78 is 20.4. The third kappa shape index (κ3) is 5.55. The fourth-order valence-electron chi connectivity index (χ4n) is 10.7. The molecule has 5 fully saturated rings. The van der Waals surface area contributed by atoms with Gasteiger partial charge in [-0.25, -0.2) is 13.7 Å². The molecule has 1 amide bonds. The molecule has 0 aromatic heterocycles. The molecule has 0 heterocycles. The summed E-state index contributed by atoms with van der Waals surface area (Å²) in [6.07, 6.45) is 22.8. The van der Waals surface area contributed by atoms with Crippen molar-refractivity contribution in [1.82, 2.24) is 4.72 Å².